The van der Waals surface area contributed by atoms with Gasteiger partial charge in [0.05, 0.1) is 6.54 Å². The lowest BCUT2D eigenvalue weighted by atomic mass is 10.2. The second-order valence-corrected chi connectivity index (χ2v) is 3.61. The number of aromatic nitrogens is 3. The number of carboxylic acids is 1. The lowest BCUT2D eigenvalue weighted by Gasteiger charge is -2.08. The van der Waals surface area contributed by atoms with Crippen molar-refractivity contribution in [2.45, 2.75) is 19.1 Å². The highest BCUT2D eigenvalue weighted by Crippen LogP contribution is 1.91. The Labute approximate surface area is 103 Å². The van der Waals surface area contributed by atoms with E-state index in [1.54, 1.807) is 11.6 Å². The molecule has 4 N–H and O–H groups in total. The molecule has 0 aliphatic carbocycles. The van der Waals surface area contributed by atoms with E-state index >= 15 is 0 Å². The molecule has 100 valence electrons. The minimum atomic E-state index is -1.47. The van der Waals surface area contributed by atoms with E-state index in [4.69, 9.17) is 10.2 Å². The van der Waals surface area contributed by atoms with Crippen molar-refractivity contribution in [2.24, 2.45) is 7.05 Å². The number of nitrogens with zero attached hydrogens (tertiary/aromatic N) is 3. The number of carbonyl (C=O) groups is 2. The van der Waals surface area contributed by atoms with E-state index in [9.17, 15) is 9.59 Å². The van der Waals surface area contributed by atoms with Crippen LogP contribution in [0.25, 0.3) is 0 Å². The van der Waals surface area contributed by atoms with Gasteiger partial charge in [-0.05, 0) is 0 Å². The summed E-state index contributed by atoms with van der Waals surface area (Å²) >= 11 is 0. The monoisotopic (exact) mass is 257 g/mol. The first kappa shape index (κ1) is 13.9. The van der Waals surface area contributed by atoms with Crippen LogP contribution >= 0.6 is 0 Å². The summed E-state index contributed by atoms with van der Waals surface area (Å²) in [6, 6.07) is -0.462. The van der Waals surface area contributed by atoms with E-state index in [-0.39, 0.29) is 19.5 Å². The SMILES string of the molecule is Cn1cnnc1CNC(=O)NCC[C@H](O)C(=O)O. The first-order valence-electron chi connectivity index (χ1n) is 5.26. The minimum Gasteiger partial charge on any atom is -0.479 e. The van der Waals surface area contributed by atoms with Crippen molar-refractivity contribution < 1.29 is 19.8 Å². The number of nitrogens with one attached hydrogen (secondary N) is 2. The molecule has 0 aromatic carbocycles. The maximum absolute atomic E-state index is 11.3. The Kier molecular flexibility index (Phi) is 5.06. The number of aliphatic hydroxyl groups is 1. The van der Waals surface area contributed by atoms with Gasteiger partial charge in [0.25, 0.3) is 0 Å². The molecule has 0 spiro atoms. The number of aliphatic carboxylic acids is 1. The van der Waals surface area contributed by atoms with Crippen LogP contribution in [0.5, 0.6) is 0 Å². The van der Waals surface area contributed by atoms with Crippen LogP contribution in [-0.2, 0) is 18.4 Å². The third kappa shape index (κ3) is 4.37. The molecule has 1 rings (SSSR count). The summed E-state index contributed by atoms with van der Waals surface area (Å²) in [5, 5.41) is 29.7. The molecule has 0 fully saturated rings. The average molecular weight is 257 g/mol. The fourth-order valence-electron chi connectivity index (χ4n) is 1.13. The van der Waals surface area contributed by atoms with E-state index in [0.29, 0.717) is 5.82 Å². The molecule has 0 aliphatic rings. The number of aryl methyl sites for hydroxylation is 1. The Morgan fingerprint density at radius 1 is 1.50 bits per heavy atom. The molecule has 1 aromatic rings. The highest BCUT2D eigenvalue weighted by Gasteiger charge is 2.12. The third-order valence-electron chi connectivity index (χ3n) is 2.20. The van der Waals surface area contributed by atoms with Gasteiger partial charge in [0, 0.05) is 20.0 Å². The van der Waals surface area contributed by atoms with E-state index in [1.165, 1.54) is 6.33 Å². The van der Waals surface area contributed by atoms with E-state index < -0.39 is 18.1 Å². The molecule has 18 heavy (non-hydrogen) atoms. The van der Waals surface area contributed by atoms with Crippen molar-refractivity contribution in [3.63, 3.8) is 0 Å². The van der Waals surface area contributed by atoms with Crippen molar-refractivity contribution in [3.8, 4) is 0 Å². The Hall–Kier alpha value is -2.16. The van der Waals surface area contributed by atoms with Gasteiger partial charge in [-0.3, -0.25) is 0 Å². The molecule has 0 bridgehead atoms. The molecule has 0 unspecified atom stereocenters. The molecule has 1 atom stereocenters. The number of aliphatic hydroxyl groups excluding tert-OH is 1. The van der Waals surface area contributed by atoms with E-state index in [2.05, 4.69) is 20.8 Å². The van der Waals surface area contributed by atoms with Gasteiger partial charge in [-0.2, -0.15) is 0 Å². The fraction of sp³-hybridized carbons (Fsp3) is 0.556. The summed E-state index contributed by atoms with van der Waals surface area (Å²) in [7, 11) is 1.75. The predicted molar refractivity (Wildman–Crippen MR) is 59.5 cm³/mol. The maximum Gasteiger partial charge on any atom is 0.332 e. The number of amides is 2. The average Bonchev–Trinajstić information content (AvgIpc) is 2.72. The highest BCUT2D eigenvalue weighted by atomic mass is 16.4. The van der Waals surface area contributed by atoms with Gasteiger partial charge < -0.3 is 25.4 Å². The number of hydrogen-bond donors (Lipinski definition) is 4. The van der Waals surface area contributed by atoms with Crippen molar-refractivity contribution >= 4 is 12.0 Å². The predicted octanol–water partition coefficient (Wildman–Crippen LogP) is -1.55. The molecule has 0 radical (unpaired) electrons. The zero-order chi connectivity index (χ0) is 13.5. The van der Waals surface area contributed by atoms with E-state index in [0.717, 1.165) is 0 Å². The van der Waals surface area contributed by atoms with Gasteiger partial charge in [0.15, 0.2) is 11.9 Å². The number of hydrogen-bond acceptors (Lipinski definition) is 5. The van der Waals surface area contributed by atoms with Gasteiger partial charge in [-0.25, -0.2) is 9.59 Å². The summed E-state index contributed by atoms with van der Waals surface area (Å²) in [6.45, 7) is 0.280. The van der Waals surface area contributed by atoms with E-state index in [1.807, 2.05) is 0 Å². The topological polar surface area (TPSA) is 129 Å². The van der Waals surface area contributed by atoms with Crippen LogP contribution in [0.3, 0.4) is 0 Å². The molecule has 0 saturated heterocycles. The molecule has 1 heterocycles. The smallest absolute Gasteiger partial charge is 0.332 e. The van der Waals surface area contributed by atoms with Gasteiger partial charge in [0.1, 0.15) is 6.33 Å². The van der Waals surface area contributed by atoms with Crippen molar-refractivity contribution in [1.82, 2.24) is 25.4 Å². The van der Waals surface area contributed by atoms with Crippen LogP contribution in [-0.4, -0.2) is 49.6 Å². The first-order chi connectivity index (χ1) is 8.50. The summed E-state index contributed by atoms with van der Waals surface area (Å²) < 4.78 is 1.66. The molecule has 2 amide bonds. The molecular formula is C9H15N5O4. The largest absolute Gasteiger partial charge is 0.479 e. The summed E-state index contributed by atoms with van der Waals surface area (Å²) in [4.78, 5) is 21.6. The van der Waals surface area contributed by atoms with Gasteiger partial charge in [-0.15, -0.1) is 10.2 Å². The van der Waals surface area contributed by atoms with Gasteiger partial charge in [-0.1, -0.05) is 0 Å². The molecular weight excluding hydrogens is 242 g/mol. The second-order valence-electron chi connectivity index (χ2n) is 3.61. The maximum atomic E-state index is 11.3. The lowest BCUT2D eigenvalue weighted by molar-refractivity contribution is -0.146. The van der Waals surface area contributed by atoms with Crippen molar-refractivity contribution in [3.05, 3.63) is 12.2 Å². The molecule has 0 aliphatic heterocycles. The molecule has 9 heteroatoms. The van der Waals surface area contributed by atoms with Gasteiger partial charge >= 0.3 is 12.0 Å². The molecule has 0 saturated carbocycles. The summed E-state index contributed by atoms with van der Waals surface area (Å²) in [5.41, 5.74) is 0. The Balaban J connectivity index is 2.19. The number of carbonyl (C=O) groups excluding carboxylic acids is 1. The summed E-state index contributed by atoms with van der Waals surface area (Å²) in [6.07, 6.45) is -0.00534. The van der Waals surface area contributed by atoms with Crippen molar-refractivity contribution in [2.75, 3.05) is 6.54 Å². The van der Waals surface area contributed by atoms with Crippen LogP contribution in [0, 0.1) is 0 Å². The quantitative estimate of drug-likeness (QED) is 0.488. The first-order valence-corrected chi connectivity index (χ1v) is 5.26. The van der Waals surface area contributed by atoms with Crippen LogP contribution in [0.2, 0.25) is 0 Å². The fourth-order valence-corrected chi connectivity index (χ4v) is 1.13. The summed E-state index contributed by atoms with van der Waals surface area (Å²) in [5.74, 6) is -0.716. The lowest BCUT2D eigenvalue weighted by Crippen LogP contribution is -2.37. The van der Waals surface area contributed by atoms with Crippen LogP contribution in [0.1, 0.15) is 12.2 Å². The Bertz CT molecular complexity index is 419. The van der Waals surface area contributed by atoms with Crippen LogP contribution in [0.4, 0.5) is 4.79 Å². The standard InChI is InChI=1S/C9H15N5O4/c1-14-5-12-13-7(14)4-11-9(18)10-3-2-6(15)8(16)17/h5-6,15H,2-4H2,1H3,(H,16,17)(H2,10,11,18)/t6-/m0/s1. The third-order valence-corrected chi connectivity index (χ3v) is 2.20. The van der Waals surface area contributed by atoms with Crippen molar-refractivity contribution in [1.29, 1.82) is 0 Å². The van der Waals surface area contributed by atoms with Crippen LogP contribution in [0.15, 0.2) is 6.33 Å². The second kappa shape index (κ2) is 6.55. The Morgan fingerprint density at radius 3 is 2.78 bits per heavy atom. The number of urea groups is 1. The van der Waals surface area contributed by atoms with Crippen LogP contribution < -0.4 is 10.6 Å². The van der Waals surface area contributed by atoms with Gasteiger partial charge in [0.2, 0.25) is 0 Å². The number of rotatable bonds is 6. The normalized spacial score (nSPS) is 11.9. The minimum absolute atomic E-state index is 0.0489. The number of carboxylic acid groups (broad SMARTS) is 1. The zero-order valence-corrected chi connectivity index (χ0v) is 9.83. The zero-order valence-electron chi connectivity index (χ0n) is 9.83. The highest BCUT2D eigenvalue weighted by molar-refractivity contribution is 5.74. The molecule has 1 aromatic heterocycles. The molecule has 9 nitrogen and oxygen atoms in total. The Morgan fingerprint density at radius 2 is 2.22 bits per heavy atom.